The molecule has 0 unspecified atom stereocenters. The Morgan fingerprint density at radius 2 is 1.71 bits per heavy atom. The number of benzene rings is 2. The summed E-state index contributed by atoms with van der Waals surface area (Å²) in [4.78, 5) is 2.31. The number of halogens is 2. The summed E-state index contributed by atoms with van der Waals surface area (Å²) >= 11 is 12.0. The van der Waals surface area contributed by atoms with Gasteiger partial charge >= 0.3 is 0 Å². The number of likely N-dealkylation sites (tertiary alicyclic amines) is 1. The van der Waals surface area contributed by atoms with Gasteiger partial charge in [-0.05, 0) is 42.7 Å². The third kappa shape index (κ3) is 6.89. The van der Waals surface area contributed by atoms with Crippen molar-refractivity contribution in [2.45, 2.75) is 25.0 Å². The van der Waals surface area contributed by atoms with Gasteiger partial charge in [0.05, 0.1) is 23.8 Å². The lowest BCUT2D eigenvalue weighted by molar-refractivity contribution is -0.0537. The van der Waals surface area contributed by atoms with E-state index in [2.05, 4.69) is 4.90 Å². The molecule has 1 N–H and O–H groups in total. The van der Waals surface area contributed by atoms with E-state index in [0.29, 0.717) is 53.3 Å². The van der Waals surface area contributed by atoms with Crippen molar-refractivity contribution in [3.05, 3.63) is 52.0 Å². The van der Waals surface area contributed by atoms with Gasteiger partial charge in [-0.2, -0.15) is 0 Å². The first-order chi connectivity index (χ1) is 14.9. The van der Waals surface area contributed by atoms with Gasteiger partial charge in [0.25, 0.3) is 0 Å². The fourth-order valence-electron chi connectivity index (χ4n) is 3.48. The summed E-state index contributed by atoms with van der Waals surface area (Å²) < 4.78 is 22.0. The van der Waals surface area contributed by atoms with Crippen LogP contribution in [0.3, 0.4) is 0 Å². The van der Waals surface area contributed by atoms with E-state index in [4.69, 9.17) is 42.1 Å². The molecular weight excluding hydrogens is 441 g/mol. The molecule has 1 aliphatic rings. The highest BCUT2D eigenvalue weighted by Crippen LogP contribution is 2.31. The van der Waals surface area contributed by atoms with Gasteiger partial charge in [-0.25, -0.2) is 0 Å². The average molecular weight is 470 g/mol. The molecule has 170 valence electrons. The first kappa shape index (κ1) is 24.0. The summed E-state index contributed by atoms with van der Waals surface area (Å²) in [5, 5.41) is 11.8. The molecule has 0 atom stereocenters. The first-order valence-corrected chi connectivity index (χ1v) is 11.0. The zero-order chi connectivity index (χ0) is 22.3. The van der Waals surface area contributed by atoms with Crippen molar-refractivity contribution < 1.29 is 24.1 Å². The Balaban J connectivity index is 1.52. The minimum Gasteiger partial charge on any atom is -0.493 e. The fraction of sp³-hybridized carbons (Fsp3) is 0.478. The smallest absolute Gasteiger partial charge is 0.161 e. The van der Waals surface area contributed by atoms with E-state index < -0.39 is 5.60 Å². The molecule has 1 saturated heterocycles. The van der Waals surface area contributed by atoms with Crippen molar-refractivity contribution in [1.82, 2.24) is 4.90 Å². The molecule has 8 heteroatoms. The van der Waals surface area contributed by atoms with Gasteiger partial charge in [0.15, 0.2) is 11.5 Å². The van der Waals surface area contributed by atoms with Crippen LogP contribution in [0, 0.1) is 0 Å². The maximum absolute atomic E-state index is 10.9. The topological polar surface area (TPSA) is 60.4 Å². The van der Waals surface area contributed by atoms with Crippen LogP contribution in [0.25, 0.3) is 0 Å². The van der Waals surface area contributed by atoms with E-state index in [1.54, 1.807) is 32.4 Å². The predicted octanol–water partition coefficient (Wildman–Crippen LogP) is 4.43. The van der Waals surface area contributed by atoms with Crippen LogP contribution in [0.5, 0.6) is 17.2 Å². The van der Waals surface area contributed by atoms with Gasteiger partial charge in [-0.3, -0.25) is 4.90 Å². The summed E-state index contributed by atoms with van der Waals surface area (Å²) in [5.41, 5.74) is 0.266. The zero-order valence-corrected chi connectivity index (χ0v) is 19.4. The molecule has 0 spiro atoms. The molecule has 1 fully saturated rings. The number of methoxy groups -OCH3 is 2. The number of aliphatic hydroxyl groups is 1. The van der Waals surface area contributed by atoms with E-state index in [0.717, 1.165) is 25.2 Å². The van der Waals surface area contributed by atoms with E-state index in [1.807, 2.05) is 18.2 Å². The highest BCUT2D eigenvalue weighted by molar-refractivity contribution is 6.42. The minimum absolute atomic E-state index is 0.221. The van der Waals surface area contributed by atoms with Crippen LogP contribution in [0.15, 0.2) is 36.4 Å². The lowest BCUT2D eigenvalue weighted by Crippen LogP contribution is -2.47. The normalized spacial score (nSPS) is 16.2. The molecule has 3 rings (SSSR count). The van der Waals surface area contributed by atoms with Crippen molar-refractivity contribution in [3.63, 3.8) is 0 Å². The van der Waals surface area contributed by atoms with Crippen LogP contribution in [-0.4, -0.2) is 62.7 Å². The molecule has 0 saturated carbocycles. The van der Waals surface area contributed by atoms with Crippen LogP contribution in [0.2, 0.25) is 10.0 Å². The molecule has 0 bridgehead atoms. The summed E-state index contributed by atoms with van der Waals surface area (Å²) in [5.74, 6) is 2.01. The Morgan fingerprint density at radius 1 is 0.935 bits per heavy atom. The molecule has 0 radical (unpaired) electrons. The number of rotatable bonds is 10. The van der Waals surface area contributed by atoms with Crippen molar-refractivity contribution in [3.8, 4) is 17.2 Å². The summed E-state index contributed by atoms with van der Waals surface area (Å²) in [6.45, 7) is 3.52. The summed E-state index contributed by atoms with van der Waals surface area (Å²) in [7, 11) is 3.27. The van der Waals surface area contributed by atoms with Gasteiger partial charge in [0.1, 0.15) is 24.6 Å². The molecular formula is C23H29Cl2NO5. The third-order valence-electron chi connectivity index (χ3n) is 5.36. The molecule has 2 aromatic carbocycles. The maximum atomic E-state index is 10.9. The quantitative estimate of drug-likeness (QED) is 0.519. The third-order valence-corrected chi connectivity index (χ3v) is 6.10. The molecule has 31 heavy (non-hydrogen) atoms. The second kappa shape index (κ2) is 11.2. The Morgan fingerprint density at radius 3 is 2.39 bits per heavy atom. The number of ether oxygens (including phenoxy) is 4. The molecule has 0 aromatic heterocycles. The Bertz CT molecular complexity index is 856. The molecule has 0 aliphatic carbocycles. The lowest BCUT2D eigenvalue weighted by atomic mass is 9.92. The first-order valence-electron chi connectivity index (χ1n) is 10.2. The summed E-state index contributed by atoms with van der Waals surface area (Å²) in [6.07, 6.45) is 1.25. The largest absolute Gasteiger partial charge is 0.493 e. The van der Waals surface area contributed by atoms with Gasteiger partial charge < -0.3 is 24.1 Å². The fourth-order valence-corrected chi connectivity index (χ4v) is 3.77. The van der Waals surface area contributed by atoms with Crippen LogP contribution in [0.4, 0.5) is 0 Å². The second-order valence-corrected chi connectivity index (χ2v) is 8.51. The molecule has 0 amide bonds. The molecule has 2 aromatic rings. The number of hydrogen-bond donors (Lipinski definition) is 1. The lowest BCUT2D eigenvalue weighted by Gasteiger charge is -2.38. The van der Waals surface area contributed by atoms with Crippen molar-refractivity contribution in [2.75, 3.05) is 47.1 Å². The molecule has 1 heterocycles. The summed E-state index contributed by atoms with van der Waals surface area (Å²) in [6, 6.07) is 11.1. The number of nitrogens with zero attached hydrogens (tertiary/aromatic N) is 1. The van der Waals surface area contributed by atoms with Crippen LogP contribution in [-0.2, 0) is 11.3 Å². The highest BCUT2D eigenvalue weighted by atomic mass is 35.5. The standard InChI is InChI=1S/C23H29Cl2NO5/c1-28-11-12-30-22-13-17(3-6-21(22)29-2)15-26-9-7-23(27,8-10-26)16-31-18-4-5-19(24)20(25)14-18/h3-6,13-14,27H,7-12,15-16H2,1-2H3. The molecule has 1 aliphatic heterocycles. The highest BCUT2D eigenvalue weighted by Gasteiger charge is 2.33. The van der Waals surface area contributed by atoms with Gasteiger partial charge in [0.2, 0.25) is 0 Å². The minimum atomic E-state index is -0.864. The Kier molecular flexibility index (Phi) is 8.69. The van der Waals surface area contributed by atoms with Crippen LogP contribution < -0.4 is 14.2 Å². The van der Waals surface area contributed by atoms with Gasteiger partial charge in [-0.1, -0.05) is 29.3 Å². The number of piperidine rings is 1. The van der Waals surface area contributed by atoms with Crippen molar-refractivity contribution >= 4 is 23.2 Å². The van der Waals surface area contributed by atoms with Crippen LogP contribution >= 0.6 is 23.2 Å². The van der Waals surface area contributed by atoms with Gasteiger partial charge in [0, 0.05) is 32.8 Å². The second-order valence-electron chi connectivity index (χ2n) is 7.69. The predicted molar refractivity (Wildman–Crippen MR) is 122 cm³/mol. The monoisotopic (exact) mass is 469 g/mol. The maximum Gasteiger partial charge on any atom is 0.161 e. The van der Waals surface area contributed by atoms with E-state index in [1.165, 1.54) is 0 Å². The average Bonchev–Trinajstić information content (AvgIpc) is 2.77. The SMILES string of the molecule is COCCOc1cc(CN2CCC(O)(COc3ccc(Cl)c(Cl)c3)CC2)ccc1OC. The van der Waals surface area contributed by atoms with Crippen LogP contribution in [0.1, 0.15) is 18.4 Å². The van der Waals surface area contributed by atoms with Gasteiger partial charge in [-0.15, -0.1) is 0 Å². The molecule has 6 nitrogen and oxygen atoms in total. The Labute approximate surface area is 193 Å². The van der Waals surface area contributed by atoms with Crippen molar-refractivity contribution in [1.29, 1.82) is 0 Å². The van der Waals surface area contributed by atoms with E-state index in [9.17, 15) is 5.11 Å². The Hall–Kier alpha value is -1.70. The van der Waals surface area contributed by atoms with Crippen molar-refractivity contribution in [2.24, 2.45) is 0 Å². The van der Waals surface area contributed by atoms with E-state index >= 15 is 0 Å². The zero-order valence-electron chi connectivity index (χ0n) is 17.9. The van der Waals surface area contributed by atoms with E-state index in [-0.39, 0.29) is 6.61 Å². The number of hydrogen-bond acceptors (Lipinski definition) is 6.